The number of ether oxygens (including phenoxy) is 1. The summed E-state index contributed by atoms with van der Waals surface area (Å²) in [6.07, 6.45) is 0.945. The van der Waals surface area contributed by atoms with Gasteiger partial charge in [0.2, 0.25) is 0 Å². The van der Waals surface area contributed by atoms with Crippen LogP contribution in [0.1, 0.15) is 12.5 Å². The minimum Gasteiger partial charge on any atom is -0.490 e. The Balaban J connectivity index is 3.13. The molecule has 0 N–H and O–H groups in total. The average Bonchev–Trinajstić information content (AvgIpc) is 2.19. The maximum absolute atomic E-state index is 11.0. The van der Waals surface area contributed by atoms with Crippen molar-refractivity contribution in [2.75, 3.05) is 12.9 Å². The van der Waals surface area contributed by atoms with Gasteiger partial charge < -0.3 is 8.92 Å². The lowest BCUT2D eigenvalue weighted by Crippen LogP contribution is -2.07. The largest absolute Gasteiger partial charge is 0.490 e. The lowest BCUT2D eigenvalue weighted by atomic mass is 10.2. The summed E-state index contributed by atoms with van der Waals surface area (Å²) in [7, 11) is -3.60. The molecule has 86 valence electrons. The molecule has 0 bridgehead atoms. The fourth-order valence-electron chi connectivity index (χ4n) is 1.08. The summed E-state index contributed by atoms with van der Waals surface area (Å²) in [5, 5.41) is 8.69. The molecule has 0 heterocycles. The molecule has 6 heteroatoms. The van der Waals surface area contributed by atoms with Gasteiger partial charge in [0.1, 0.15) is 0 Å². The van der Waals surface area contributed by atoms with E-state index in [2.05, 4.69) is 0 Å². The van der Waals surface area contributed by atoms with Crippen molar-refractivity contribution in [3.05, 3.63) is 23.8 Å². The van der Waals surface area contributed by atoms with E-state index in [1.165, 1.54) is 18.2 Å². The van der Waals surface area contributed by atoms with E-state index in [0.717, 1.165) is 6.26 Å². The third-order valence-electron chi connectivity index (χ3n) is 1.61. The normalized spacial score (nSPS) is 10.6. The second-order valence-electron chi connectivity index (χ2n) is 2.99. The predicted molar refractivity (Wildman–Crippen MR) is 57.8 cm³/mol. The van der Waals surface area contributed by atoms with E-state index in [9.17, 15) is 8.42 Å². The summed E-state index contributed by atoms with van der Waals surface area (Å²) in [6.45, 7) is 2.11. The first-order valence-electron chi connectivity index (χ1n) is 4.52. The summed E-state index contributed by atoms with van der Waals surface area (Å²) >= 11 is 0. The first-order chi connectivity index (χ1) is 7.46. The summed E-state index contributed by atoms with van der Waals surface area (Å²) < 4.78 is 31.8. The molecule has 1 aromatic rings. The fourth-order valence-corrected chi connectivity index (χ4v) is 1.54. The van der Waals surface area contributed by atoms with Gasteiger partial charge in [-0.15, -0.1) is 0 Å². The van der Waals surface area contributed by atoms with Crippen LogP contribution in [0.3, 0.4) is 0 Å². The molecule has 0 saturated carbocycles. The van der Waals surface area contributed by atoms with Crippen LogP contribution in [0.4, 0.5) is 0 Å². The van der Waals surface area contributed by atoms with Crippen LogP contribution in [0, 0.1) is 11.3 Å². The number of rotatable bonds is 4. The average molecular weight is 241 g/mol. The van der Waals surface area contributed by atoms with Crippen LogP contribution in [0.5, 0.6) is 11.5 Å². The Morgan fingerprint density at radius 3 is 2.56 bits per heavy atom. The van der Waals surface area contributed by atoms with E-state index in [1.54, 1.807) is 6.92 Å². The van der Waals surface area contributed by atoms with Crippen LogP contribution in [0.25, 0.3) is 0 Å². The van der Waals surface area contributed by atoms with Crippen molar-refractivity contribution >= 4 is 10.1 Å². The van der Waals surface area contributed by atoms with Gasteiger partial charge in [-0.1, -0.05) is 0 Å². The van der Waals surface area contributed by atoms with Gasteiger partial charge in [0, 0.05) is 6.07 Å². The van der Waals surface area contributed by atoms with Gasteiger partial charge in [-0.2, -0.15) is 13.7 Å². The maximum Gasteiger partial charge on any atom is 0.306 e. The fraction of sp³-hybridized carbons (Fsp3) is 0.300. The summed E-state index contributed by atoms with van der Waals surface area (Å²) in [4.78, 5) is 0. The van der Waals surface area contributed by atoms with E-state index in [4.69, 9.17) is 14.2 Å². The van der Waals surface area contributed by atoms with E-state index in [-0.39, 0.29) is 11.5 Å². The Kier molecular flexibility index (Phi) is 3.74. The minimum atomic E-state index is -3.60. The monoisotopic (exact) mass is 241 g/mol. The molecule has 0 radical (unpaired) electrons. The molecule has 0 atom stereocenters. The molecule has 0 aliphatic carbocycles. The lowest BCUT2D eigenvalue weighted by molar-refractivity contribution is 0.327. The SMILES string of the molecule is CCOc1cc(C#N)ccc1OS(C)(=O)=O. The van der Waals surface area contributed by atoms with Gasteiger partial charge in [-0.3, -0.25) is 0 Å². The molecule has 0 unspecified atom stereocenters. The van der Waals surface area contributed by atoms with Crippen LogP contribution < -0.4 is 8.92 Å². The van der Waals surface area contributed by atoms with Gasteiger partial charge in [0.15, 0.2) is 11.5 Å². The molecule has 1 rings (SSSR count). The van der Waals surface area contributed by atoms with Crippen molar-refractivity contribution < 1.29 is 17.3 Å². The first kappa shape index (κ1) is 12.3. The molecule has 0 aliphatic rings. The quantitative estimate of drug-likeness (QED) is 0.742. The van der Waals surface area contributed by atoms with Crippen LogP contribution in [-0.2, 0) is 10.1 Å². The van der Waals surface area contributed by atoms with Crippen molar-refractivity contribution in [2.24, 2.45) is 0 Å². The van der Waals surface area contributed by atoms with Crippen LogP contribution >= 0.6 is 0 Å². The Hall–Kier alpha value is -1.74. The number of hydrogen-bond donors (Lipinski definition) is 0. The smallest absolute Gasteiger partial charge is 0.306 e. The topological polar surface area (TPSA) is 76.4 Å². The summed E-state index contributed by atoms with van der Waals surface area (Å²) in [6, 6.07) is 6.22. The molecule has 0 aromatic heterocycles. The highest BCUT2D eigenvalue weighted by Crippen LogP contribution is 2.29. The van der Waals surface area contributed by atoms with Crippen molar-refractivity contribution in [3.8, 4) is 17.6 Å². The Bertz CT molecular complexity index is 516. The van der Waals surface area contributed by atoms with Crippen molar-refractivity contribution in [1.82, 2.24) is 0 Å². The molecule has 0 aliphatic heterocycles. The van der Waals surface area contributed by atoms with Gasteiger partial charge in [-0.25, -0.2) is 0 Å². The van der Waals surface area contributed by atoms with E-state index in [0.29, 0.717) is 12.2 Å². The lowest BCUT2D eigenvalue weighted by Gasteiger charge is -2.09. The number of benzene rings is 1. The molecule has 0 fully saturated rings. The zero-order valence-electron chi connectivity index (χ0n) is 8.93. The first-order valence-corrected chi connectivity index (χ1v) is 6.34. The zero-order valence-corrected chi connectivity index (χ0v) is 9.74. The Morgan fingerprint density at radius 1 is 1.38 bits per heavy atom. The molecular weight excluding hydrogens is 230 g/mol. The summed E-state index contributed by atoms with van der Waals surface area (Å²) in [5.74, 6) is 0.329. The van der Waals surface area contributed by atoms with E-state index < -0.39 is 10.1 Å². The Labute approximate surface area is 94.3 Å². The van der Waals surface area contributed by atoms with E-state index >= 15 is 0 Å². The Morgan fingerprint density at radius 2 is 2.06 bits per heavy atom. The molecular formula is C10H11NO4S. The highest BCUT2D eigenvalue weighted by molar-refractivity contribution is 7.86. The van der Waals surface area contributed by atoms with Crippen molar-refractivity contribution in [3.63, 3.8) is 0 Å². The van der Waals surface area contributed by atoms with Crippen molar-refractivity contribution in [2.45, 2.75) is 6.92 Å². The molecule has 5 nitrogen and oxygen atoms in total. The van der Waals surface area contributed by atoms with E-state index in [1.807, 2.05) is 6.07 Å². The number of nitriles is 1. The van der Waals surface area contributed by atoms with Crippen LogP contribution in [0.15, 0.2) is 18.2 Å². The van der Waals surface area contributed by atoms with Crippen LogP contribution in [0.2, 0.25) is 0 Å². The number of nitrogens with zero attached hydrogens (tertiary/aromatic N) is 1. The second kappa shape index (κ2) is 4.86. The third-order valence-corrected chi connectivity index (χ3v) is 2.10. The zero-order chi connectivity index (χ0) is 12.2. The number of hydrogen-bond acceptors (Lipinski definition) is 5. The highest BCUT2D eigenvalue weighted by atomic mass is 32.2. The van der Waals surface area contributed by atoms with Gasteiger partial charge in [-0.05, 0) is 19.1 Å². The standard InChI is InChI=1S/C10H11NO4S/c1-3-14-10-6-8(7-11)4-5-9(10)15-16(2,12)13/h4-6H,3H2,1-2H3. The molecule has 0 saturated heterocycles. The molecule has 0 spiro atoms. The molecule has 16 heavy (non-hydrogen) atoms. The molecule has 1 aromatic carbocycles. The predicted octanol–water partition coefficient (Wildman–Crippen LogP) is 1.30. The minimum absolute atomic E-state index is 0.0864. The summed E-state index contributed by atoms with van der Waals surface area (Å²) in [5.41, 5.74) is 0.379. The van der Waals surface area contributed by atoms with Crippen molar-refractivity contribution in [1.29, 1.82) is 5.26 Å². The highest BCUT2D eigenvalue weighted by Gasteiger charge is 2.11. The molecule has 0 amide bonds. The van der Waals surface area contributed by atoms with Crippen LogP contribution in [-0.4, -0.2) is 21.3 Å². The second-order valence-corrected chi connectivity index (χ2v) is 4.57. The van der Waals surface area contributed by atoms with Gasteiger partial charge >= 0.3 is 10.1 Å². The van der Waals surface area contributed by atoms with Gasteiger partial charge in [0.05, 0.1) is 24.5 Å². The maximum atomic E-state index is 11.0. The third kappa shape index (κ3) is 3.44. The van der Waals surface area contributed by atoms with Gasteiger partial charge in [0.25, 0.3) is 0 Å².